The van der Waals surface area contributed by atoms with Crippen LogP contribution in [0, 0.1) is 0 Å². The minimum Gasteiger partial charge on any atom is -0.342 e. The Morgan fingerprint density at radius 3 is 2.68 bits per heavy atom. The minimum atomic E-state index is -0.570. The lowest BCUT2D eigenvalue weighted by molar-refractivity contribution is -0.142. The van der Waals surface area contributed by atoms with Crippen molar-refractivity contribution in [1.82, 2.24) is 10.2 Å². The summed E-state index contributed by atoms with van der Waals surface area (Å²) in [6, 6.07) is 0.351. The van der Waals surface area contributed by atoms with Crippen LogP contribution in [0.3, 0.4) is 0 Å². The van der Waals surface area contributed by atoms with Crippen LogP contribution in [0.1, 0.15) is 44.9 Å². The summed E-state index contributed by atoms with van der Waals surface area (Å²) in [4.78, 5) is 26.9. The highest BCUT2D eigenvalue weighted by atomic mass is 32.2. The normalized spacial score (nSPS) is 31.4. The van der Waals surface area contributed by atoms with E-state index in [1.807, 2.05) is 16.7 Å². The molecule has 19 heavy (non-hydrogen) atoms. The van der Waals surface area contributed by atoms with Crippen molar-refractivity contribution in [2.45, 2.75) is 56.5 Å². The van der Waals surface area contributed by atoms with E-state index in [2.05, 4.69) is 5.32 Å². The van der Waals surface area contributed by atoms with Gasteiger partial charge in [0, 0.05) is 24.8 Å². The molecular weight excluding hydrogens is 260 g/mol. The molecule has 3 fully saturated rings. The monoisotopic (exact) mass is 282 g/mol. The topological polar surface area (TPSA) is 49.4 Å². The molecule has 1 atom stereocenters. The fraction of sp³-hybridized carbons (Fsp3) is 0.857. The standard InChI is InChI=1S/C14H22N2O2S/c17-12-4-8-16(11-5-9-19-10-11)13(18)14(15-12)6-2-1-3-7-14/h11H,1-10H2,(H,15,17). The van der Waals surface area contributed by atoms with Gasteiger partial charge in [-0.2, -0.15) is 11.8 Å². The third-order valence-corrected chi connectivity index (χ3v) is 5.83. The van der Waals surface area contributed by atoms with Crippen LogP contribution in [0.2, 0.25) is 0 Å². The van der Waals surface area contributed by atoms with Crippen LogP contribution >= 0.6 is 11.8 Å². The molecule has 2 heterocycles. The van der Waals surface area contributed by atoms with Gasteiger partial charge >= 0.3 is 0 Å². The summed E-state index contributed by atoms with van der Waals surface area (Å²) < 4.78 is 0. The maximum Gasteiger partial charge on any atom is 0.248 e. The van der Waals surface area contributed by atoms with Gasteiger partial charge in [0.25, 0.3) is 0 Å². The van der Waals surface area contributed by atoms with E-state index in [0.29, 0.717) is 19.0 Å². The van der Waals surface area contributed by atoms with Gasteiger partial charge in [0.2, 0.25) is 11.8 Å². The number of amides is 2. The van der Waals surface area contributed by atoms with Gasteiger partial charge in [-0.15, -0.1) is 0 Å². The third-order valence-electron chi connectivity index (χ3n) is 4.68. The molecule has 106 valence electrons. The zero-order valence-electron chi connectivity index (χ0n) is 11.3. The molecule has 1 aliphatic carbocycles. The van der Waals surface area contributed by atoms with Crippen LogP contribution in [0.15, 0.2) is 0 Å². The first-order valence-corrected chi connectivity index (χ1v) is 8.57. The lowest BCUT2D eigenvalue weighted by Crippen LogP contribution is -2.59. The number of nitrogens with zero attached hydrogens (tertiary/aromatic N) is 1. The molecular formula is C14H22N2O2S. The molecule has 3 rings (SSSR count). The molecule has 0 aromatic rings. The maximum absolute atomic E-state index is 13.0. The Balaban J connectivity index is 1.85. The van der Waals surface area contributed by atoms with E-state index in [9.17, 15) is 9.59 Å². The fourth-order valence-corrected chi connectivity index (χ4v) is 4.82. The van der Waals surface area contributed by atoms with Crippen molar-refractivity contribution >= 4 is 23.6 Å². The first-order chi connectivity index (χ1) is 9.21. The quantitative estimate of drug-likeness (QED) is 0.794. The van der Waals surface area contributed by atoms with Gasteiger partial charge in [0.05, 0.1) is 0 Å². The smallest absolute Gasteiger partial charge is 0.248 e. The first kappa shape index (κ1) is 13.3. The summed E-state index contributed by atoms with van der Waals surface area (Å²) in [5.74, 6) is 2.44. The summed E-state index contributed by atoms with van der Waals surface area (Å²) >= 11 is 1.92. The van der Waals surface area contributed by atoms with Crippen LogP contribution in [0.4, 0.5) is 0 Å². The van der Waals surface area contributed by atoms with Crippen molar-refractivity contribution in [3.05, 3.63) is 0 Å². The van der Waals surface area contributed by atoms with E-state index in [-0.39, 0.29) is 11.8 Å². The zero-order chi connectivity index (χ0) is 13.3. The van der Waals surface area contributed by atoms with Crippen LogP contribution in [-0.2, 0) is 9.59 Å². The highest BCUT2D eigenvalue weighted by Gasteiger charge is 2.46. The Bertz CT molecular complexity index is 374. The molecule has 0 aromatic heterocycles. The molecule has 4 nitrogen and oxygen atoms in total. The van der Waals surface area contributed by atoms with E-state index in [0.717, 1.165) is 43.6 Å². The second-order valence-corrected chi connectivity index (χ2v) is 7.11. The van der Waals surface area contributed by atoms with Crippen molar-refractivity contribution in [2.75, 3.05) is 18.1 Å². The number of hydrogen-bond donors (Lipinski definition) is 1. The third kappa shape index (κ3) is 2.49. The number of carbonyl (C=O) groups is 2. The molecule has 0 aromatic carbocycles. The molecule has 5 heteroatoms. The van der Waals surface area contributed by atoms with Crippen molar-refractivity contribution < 1.29 is 9.59 Å². The second-order valence-electron chi connectivity index (χ2n) is 5.96. The summed E-state index contributed by atoms with van der Waals surface area (Å²) in [5.41, 5.74) is -0.570. The lowest BCUT2D eigenvalue weighted by atomic mass is 9.80. The molecule has 1 unspecified atom stereocenters. The number of nitrogens with one attached hydrogen (secondary N) is 1. The molecule has 2 amide bonds. The molecule has 2 aliphatic heterocycles. The molecule has 0 bridgehead atoms. The lowest BCUT2D eigenvalue weighted by Gasteiger charge is -2.39. The predicted octanol–water partition coefficient (Wildman–Crippen LogP) is 1.54. The molecule has 0 radical (unpaired) electrons. The summed E-state index contributed by atoms with van der Waals surface area (Å²) in [7, 11) is 0. The van der Waals surface area contributed by atoms with Gasteiger partial charge in [0.15, 0.2) is 0 Å². The number of hydrogen-bond acceptors (Lipinski definition) is 3. The maximum atomic E-state index is 13.0. The van der Waals surface area contributed by atoms with Crippen molar-refractivity contribution in [1.29, 1.82) is 0 Å². The van der Waals surface area contributed by atoms with E-state index in [1.54, 1.807) is 0 Å². The van der Waals surface area contributed by atoms with Crippen LogP contribution < -0.4 is 5.32 Å². The molecule has 1 N–H and O–H groups in total. The van der Waals surface area contributed by atoms with E-state index >= 15 is 0 Å². The molecule has 2 saturated heterocycles. The average molecular weight is 282 g/mol. The highest BCUT2D eigenvalue weighted by Crippen LogP contribution is 2.34. The number of thioether (sulfide) groups is 1. The summed E-state index contributed by atoms with van der Waals surface area (Å²) in [5, 5.41) is 3.06. The van der Waals surface area contributed by atoms with E-state index in [1.165, 1.54) is 6.42 Å². The number of rotatable bonds is 1. The Morgan fingerprint density at radius 1 is 1.21 bits per heavy atom. The van der Waals surface area contributed by atoms with Gasteiger partial charge in [-0.25, -0.2) is 0 Å². The largest absolute Gasteiger partial charge is 0.342 e. The van der Waals surface area contributed by atoms with Gasteiger partial charge in [0.1, 0.15) is 5.54 Å². The molecule has 1 spiro atoms. The second kappa shape index (κ2) is 5.35. The van der Waals surface area contributed by atoms with Crippen molar-refractivity contribution in [3.8, 4) is 0 Å². The Hall–Kier alpha value is -0.710. The number of carbonyl (C=O) groups excluding carboxylic acids is 2. The zero-order valence-corrected chi connectivity index (χ0v) is 12.1. The summed E-state index contributed by atoms with van der Waals surface area (Å²) in [6.07, 6.45) is 6.50. The van der Waals surface area contributed by atoms with E-state index < -0.39 is 5.54 Å². The predicted molar refractivity (Wildman–Crippen MR) is 76.0 cm³/mol. The Labute approximate surface area is 118 Å². The molecule has 3 aliphatic rings. The Kier molecular flexibility index (Phi) is 3.74. The van der Waals surface area contributed by atoms with Gasteiger partial charge in [-0.1, -0.05) is 19.3 Å². The van der Waals surface area contributed by atoms with Crippen LogP contribution in [0.25, 0.3) is 0 Å². The van der Waals surface area contributed by atoms with Crippen molar-refractivity contribution in [3.63, 3.8) is 0 Å². The first-order valence-electron chi connectivity index (χ1n) is 7.41. The average Bonchev–Trinajstić information content (AvgIpc) is 2.90. The highest BCUT2D eigenvalue weighted by molar-refractivity contribution is 7.99. The van der Waals surface area contributed by atoms with E-state index in [4.69, 9.17) is 0 Å². The Morgan fingerprint density at radius 2 is 2.00 bits per heavy atom. The molecule has 1 saturated carbocycles. The van der Waals surface area contributed by atoms with Crippen LogP contribution in [0.5, 0.6) is 0 Å². The fourth-order valence-electron chi connectivity index (χ4n) is 3.59. The van der Waals surface area contributed by atoms with Crippen molar-refractivity contribution in [2.24, 2.45) is 0 Å². The SMILES string of the molecule is O=C1CCN(C2CCSC2)C(=O)C2(CCCCC2)N1. The minimum absolute atomic E-state index is 0.0587. The van der Waals surface area contributed by atoms with Crippen LogP contribution in [-0.4, -0.2) is 46.3 Å². The van der Waals surface area contributed by atoms with Gasteiger partial charge in [-0.3, -0.25) is 9.59 Å². The van der Waals surface area contributed by atoms with Gasteiger partial charge < -0.3 is 10.2 Å². The summed E-state index contributed by atoms with van der Waals surface area (Å²) in [6.45, 7) is 0.609. The van der Waals surface area contributed by atoms with Gasteiger partial charge in [-0.05, 0) is 25.0 Å².